The maximum absolute atomic E-state index is 9.64. The first-order valence-electron chi connectivity index (χ1n) is 4.35. The van der Waals surface area contributed by atoms with Crippen molar-refractivity contribution < 1.29 is 5.11 Å². The SMILES string of the molecule is CSc1ccc(O)c2nc(C)ccc12. The standard InChI is InChI=1S/C11H11NOS/c1-7-3-4-8-10(14-2)6-5-9(13)11(8)12-7/h3-6,13H,1-2H3. The van der Waals surface area contributed by atoms with Crippen LogP contribution in [0.1, 0.15) is 5.69 Å². The number of hydrogen-bond acceptors (Lipinski definition) is 3. The first kappa shape index (κ1) is 9.34. The van der Waals surface area contributed by atoms with E-state index in [0.717, 1.165) is 16.0 Å². The molecule has 1 N–H and O–H groups in total. The monoisotopic (exact) mass is 205 g/mol. The van der Waals surface area contributed by atoms with E-state index in [4.69, 9.17) is 0 Å². The van der Waals surface area contributed by atoms with Gasteiger partial charge in [0.2, 0.25) is 0 Å². The molecule has 0 aliphatic heterocycles. The molecular formula is C11H11NOS. The molecule has 2 nitrogen and oxygen atoms in total. The molecule has 0 saturated carbocycles. The van der Waals surface area contributed by atoms with Gasteiger partial charge in [0.15, 0.2) is 0 Å². The van der Waals surface area contributed by atoms with E-state index in [0.29, 0.717) is 5.52 Å². The van der Waals surface area contributed by atoms with E-state index in [2.05, 4.69) is 4.98 Å². The number of aromatic nitrogens is 1. The van der Waals surface area contributed by atoms with Crippen LogP contribution in [0.4, 0.5) is 0 Å². The second-order valence-electron chi connectivity index (χ2n) is 3.14. The molecule has 1 heterocycles. The van der Waals surface area contributed by atoms with Crippen LogP contribution in [0, 0.1) is 6.92 Å². The summed E-state index contributed by atoms with van der Waals surface area (Å²) >= 11 is 1.66. The molecule has 0 unspecified atom stereocenters. The zero-order valence-corrected chi connectivity index (χ0v) is 8.93. The van der Waals surface area contributed by atoms with Crippen LogP contribution in [0.2, 0.25) is 0 Å². The maximum atomic E-state index is 9.64. The Morgan fingerprint density at radius 1 is 1.21 bits per heavy atom. The highest BCUT2D eigenvalue weighted by molar-refractivity contribution is 7.98. The molecule has 0 fully saturated rings. The number of rotatable bonds is 1. The molecule has 14 heavy (non-hydrogen) atoms. The minimum absolute atomic E-state index is 0.251. The minimum atomic E-state index is 0.251. The van der Waals surface area contributed by atoms with Crippen LogP contribution in [0.5, 0.6) is 5.75 Å². The lowest BCUT2D eigenvalue weighted by Gasteiger charge is -2.05. The Bertz CT molecular complexity index is 482. The topological polar surface area (TPSA) is 33.1 Å². The Kier molecular flexibility index (Phi) is 2.33. The summed E-state index contributed by atoms with van der Waals surface area (Å²) < 4.78 is 0. The predicted octanol–water partition coefficient (Wildman–Crippen LogP) is 2.97. The van der Waals surface area contributed by atoms with Crippen molar-refractivity contribution >= 4 is 22.7 Å². The lowest BCUT2D eigenvalue weighted by molar-refractivity contribution is 0.480. The van der Waals surface area contributed by atoms with Crippen LogP contribution in [-0.2, 0) is 0 Å². The van der Waals surface area contributed by atoms with Gasteiger partial charge < -0.3 is 5.11 Å². The zero-order valence-electron chi connectivity index (χ0n) is 8.11. The molecule has 2 rings (SSSR count). The van der Waals surface area contributed by atoms with Gasteiger partial charge in [-0.15, -0.1) is 11.8 Å². The number of pyridine rings is 1. The predicted molar refractivity (Wildman–Crippen MR) is 59.9 cm³/mol. The molecule has 72 valence electrons. The van der Waals surface area contributed by atoms with Crippen LogP contribution in [0.25, 0.3) is 10.9 Å². The smallest absolute Gasteiger partial charge is 0.141 e. The minimum Gasteiger partial charge on any atom is -0.506 e. The summed E-state index contributed by atoms with van der Waals surface area (Å²) in [6.45, 7) is 1.92. The van der Waals surface area contributed by atoms with E-state index >= 15 is 0 Å². The van der Waals surface area contributed by atoms with Gasteiger partial charge in [-0.2, -0.15) is 0 Å². The van der Waals surface area contributed by atoms with Crippen molar-refractivity contribution in [3.05, 3.63) is 30.0 Å². The third-order valence-corrected chi connectivity index (χ3v) is 2.95. The second-order valence-corrected chi connectivity index (χ2v) is 3.98. The summed E-state index contributed by atoms with van der Waals surface area (Å²) in [7, 11) is 0. The average molecular weight is 205 g/mol. The number of phenolic OH excluding ortho intramolecular Hbond substituents is 1. The van der Waals surface area contributed by atoms with Gasteiger partial charge in [-0.1, -0.05) is 0 Å². The van der Waals surface area contributed by atoms with Crippen LogP contribution < -0.4 is 0 Å². The van der Waals surface area contributed by atoms with Crippen molar-refractivity contribution in [3.8, 4) is 5.75 Å². The van der Waals surface area contributed by atoms with Gasteiger partial charge in [0.25, 0.3) is 0 Å². The fourth-order valence-corrected chi connectivity index (χ4v) is 2.04. The molecule has 0 bridgehead atoms. The lowest BCUT2D eigenvalue weighted by Crippen LogP contribution is -1.85. The number of phenols is 1. The first-order valence-corrected chi connectivity index (χ1v) is 5.58. The Labute approximate surface area is 87.0 Å². The van der Waals surface area contributed by atoms with Crippen LogP contribution in [0.15, 0.2) is 29.2 Å². The van der Waals surface area contributed by atoms with Gasteiger partial charge >= 0.3 is 0 Å². The fraction of sp³-hybridized carbons (Fsp3) is 0.182. The molecule has 0 aliphatic rings. The summed E-state index contributed by atoms with van der Waals surface area (Å²) in [6, 6.07) is 7.57. The van der Waals surface area contributed by atoms with Crippen LogP contribution in [-0.4, -0.2) is 16.3 Å². The summed E-state index contributed by atoms with van der Waals surface area (Å²) in [5, 5.41) is 10.7. The Morgan fingerprint density at radius 2 is 2.00 bits per heavy atom. The normalized spacial score (nSPS) is 10.7. The van der Waals surface area contributed by atoms with E-state index < -0.39 is 0 Å². The lowest BCUT2D eigenvalue weighted by atomic mass is 10.2. The molecule has 0 spiro atoms. The van der Waals surface area contributed by atoms with E-state index in [9.17, 15) is 5.11 Å². The Hall–Kier alpha value is -1.22. The number of fused-ring (bicyclic) bond motifs is 1. The van der Waals surface area contributed by atoms with Crippen molar-refractivity contribution in [2.75, 3.05) is 6.26 Å². The van der Waals surface area contributed by atoms with E-state index in [1.165, 1.54) is 0 Å². The van der Waals surface area contributed by atoms with Crippen molar-refractivity contribution in [3.63, 3.8) is 0 Å². The van der Waals surface area contributed by atoms with Crippen molar-refractivity contribution in [2.45, 2.75) is 11.8 Å². The van der Waals surface area contributed by atoms with Gasteiger partial charge in [-0.25, -0.2) is 4.98 Å². The third kappa shape index (κ3) is 1.44. The Balaban J connectivity index is 2.84. The van der Waals surface area contributed by atoms with Gasteiger partial charge in [0, 0.05) is 16.0 Å². The highest BCUT2D eigenvalue weighted by Crippen LogP contribution is 2.30. The molecule has 1 aromatic carbocycles. The van der Waals surface area contributed by atoms with Crippen LogP contribution >= 0.6 is 11.8 Å². The number of hydrogen-bond donors (Lipinski definition) is 1. The zero-order chi connectivity index (χ0) is 10.1. The number of thioether (sulfide) groups is 1. The second kappa shape index (κ2) is 3.50. The van der Waals surface area contributed by atoms with Gasteiger partial charge in [0.1, 0.15) is 11.3 Å². The first-order chi connectivity index (χ1) is 6.72. The maximum Gasteiger partial charge on any atom is 0.141 e. The molecule has 0 amide bonds. The van der Waals surface area contributed by atoms with Crippen molar-refractivity contribution in [1.29, 1.82) is 0 Å². The summed E-state index contributed by atoms with van der Waals surface area (Å²) in [6.07, 6.45) is 2.02. The molecule has 0 saturated heterocycles. The number of aromatic hydroxyl groups is 1. The number of aryl methyl sites for hydroxylation is 1. The third-order valence-electron chi connectivity index (χ3n) is 2.16. The van der Waals surface area contributed by atoms with Gasteiger partial charge in [-0.05, 0) is 37.4 Å². The average Bonchev–Trinajstić information content (AvgIpc) is 2.19. The van der Waals surface area contributed by atoms with Gasteiger partial charge in [-0.3, -0.25) is 0 Å². The molecular weight excluding hydrogens is 194 g/mol. The highest BCUT2D eigenvalue weighted by atomic mass is 32.2. The van der Waals surface area contributed by atoms with Crippen LogP contribution in [0.3, 0.4) is 0 Å². The van der Waals surface area contributed by atoms with E-state index in [1.54, 1.807) is 17.8 Å². The molecule has 3 heteroatoms. The summed E-state index contributed by atoms with van der Waals surface area (Å²) in [5.74, 6) is 0.251. The van der Waals surface area contributed by atoms with Crippen molar-refractivity contribution in [2.24, 2.45) is 0 Å². The fourth-order valence-electron chi connectivity index (χ4n) is 1.45. The molecule has 0 atom stereocenters. The number of benzene rings is 1. The largest absolute Gasteiger partial charge is 0.506 e. The molecule has 1 aromatic heterocycles. The highest BCUT2D eigenvalue weighted by Gasteiger charge is 2.05. The van der Waals surface area contributed by atoms with Crippen molar-refractivity contribution in [1.82, 2.24) is 4.98 Å². The summed E-state index contributed by atoms with van der Waals surface area (Å²) in [5.41, 5.74) is 1.61. The quantitative estimate of drug-likeness (QED) is 0.726. The van der Waals surface area contributed by atoms with Gasteiger partial charge in [0.05, 0.1) is 0 Å². The summed E-state index contributed by atoms with van der Waals surface area (Å²) in [4.78, 5) is 5.46. The van der Waals surface area contributed by atoms with E-state index in [1.807, 2.05) is 31.4 Å². The molecule has 2 aromatic rings. The molecule has 0 radical (unpaired) electrons. The Morgan fingerprint density at radius 3 is 2.71 bits per heavy atom. The van der Waals surface area contributed by atoms with E-state index in [-0.39, 0.29) is 5.75 Å². The number of nitrogens with zero attached hydrogens (tertiary/aromatic N) is 1. The molecule has 0 aliphatic carbocycles.